The highest BCUT2D eigenvalue weighted by molar-refractivity contribution is 5.71. The monoisotopic (exact) mass is 159 g/mol. The van der Waals surface area contributed by atoms with Gasteiger partial charge in [-0.3, -0.25) is 9.63 Å². The van der Waals surface area contributed by atoms with Gasteiger partial charge in [-0.2, -0.15) is 0 Å². The molecule has 1 saturated heterocycles. The Morgan fingerprint density at radius 1 is 1.73 bits per heavy atom. The molecule has 0 radical (unpaired) electrons. The standard InChI is InChI=1S/C7H13NO3/c1-4(2)5-3-6(9)10-7(5)11-8/h4-5,7H,3,8H2,1-2H3. The summed E-state index contributed by atoms with van der Waals surface area (Å²) in [4.78, 5) is 15.3. The molecule has 0 bridgehead atoms. The van der Waals surface area contributed by atoms with Gasteiger partial charge in [-0.15, -0.1) is 0 Å². The molecule has 2 N–H and O–H groups in total. The summed E-state index contributed by atoms with van der Waals surface area (Å²) in [5, 5.41) is 0. The molecule has 1 rings (SSSR count). The summed E-state index contributed by atoms with van der Waals surface area (Å²) in [5.74, 6) is 5.18. The van der Waals surface area contributed by atoms with Crippen LogP contribution in [0, 0.1) is 11.8 Å². The predicted octanol–water partition coefficient (Wildman–Crippen LogP) is 0.422. The van der Waals surface area contributed by atoms with Crippen LogP contribution in [0.15, 0.2) is 0 Å². The molecule has 0 spiro atoms. The molecule has 1 fully saturated rings. The van der Waals surface area contributed by atoms with Crippen LogP contribution < -0.4 is 5.90 Å². The number of cyclic esters (lactones) is 1. The first-order valence-electron chi connectivity index (χ1n) is 3.70. The molecule has 0 aromatic rings. The Balaban J connectivity index is 2.57. The van der Waals surface area contributed by atoms with Gasteiger partial charge < -0.3 is 4.74 Å². The molecule has 0 aromatic heterocycles. The van der Waals surface area contributed by atoms with E-state index in [-0.39, 0.29) is 11.9 Å². The number of carbonyl (C=O) groups excluding carboxylic acids is 1. The lowest BCUT2D eigenvalue weighted by Gasteiger charge is -2.17. The summed E-state index contributed by atoms with van der Waals surface area (Å²) in [6, 6.07) is 0. The van der Waals surface area contributed by atoms with Crippen molar-refractivity contribution in [3.63, 3.8) is 0 Å². The third-order valence-corrected chi connectivity index (χ3v) is 1.99. The van der Waals surface area contributed by atoms with Gasteiger partial charge in [0.25, 0.3) is 0 Å². The topological polar surface area (TPSA) is 61.5 Å². The van der Waals surface area contributed by atoms with E-state index in [4.69, 9.17) is 10.6 Å². The summed E-state index contributed by atoms with van der Waals surface area (Å²) < 4.78 is 4.80. The maximum Gasteiger partial charge on any atom is 0.308 e. The minimum absolute atomic E-state index is 0.104. The van der Waals surface area contributed by atoms with Crippen LogP contribution >= 0.6 is 0 Å². The molecule has 1 aliphatic rings. The van der Waals surface area contributed by atoms with Crippen molar-refractivity contribution >= 4 is 5.97 Å². The van der Waals surface area contributed by atoms with Crippen molar-refractivity contribution in [3.8, 4) is 0 Å². The van der Waals surface area contributed by atoms with E-state index in [0.717, 1.165) is 0 Å². The van der Waals surface area contributed by atoms with Crippen molar-refractivity contribution in [2.75, 3.05) is 0 Å². The van der Waals surface area contributed by atoms with Gasteiger partial charge in [-0.25, -0.2) is 5.90 Å². The molecule has 1 aliphatic heterocycles. The number of carbonyl (C=O) groups is 1. The molecule has 0 amide bonds. The predicted molar refractivity (Wildman–Crippen MR) is 38.1 cm³/mol. The Hall–Kier alpha value is -0.610. The normalized spacial score (nSPS) is 31.1. The van der Waals surface area contributed by atoms with Crippen LogP contribution in [0.4, 0.5) is 0 Å². The number of hydrogen-bond donors (Lipinski definition) is 1. The fraction of sp³-hybridized carbons (Fsp3) is 0.857. The number of nitrogens with two attached hydrogens (primary N) is 1. The van der Waals surface area contributed by atoms with Crippen LogP contribution in [-0.2, 0) is 14.4 Å². The molecule has 11 heavy (non-hydrogen) atoms. The molecule has 2 unspecified atom stereocenters. The average molecular weight is 159 g/mol. The third kappa shape index (κ3) is 1.70. The largest absolute Gasteiger partial charge is 0.434 e. The lowest BCUT2D eigenvalue weighted by Crippen LogP contribution is -2.26. The van der Waals surface area contributed by atoms with Crippen LogP contribution in [-0.4, -0.2) is 12.3 Å². The van der Waals surface area contributed by atoms with Crippen LogP contribution in [0.2, 0.25) is 0 Å². The van der Waals surface area contributed by atoms with Gasteiger partial charge in [0.05, 0.1) is 6.42 Å². The highest BCUT2D eigenvalue weighted by Crippen LogP contribution is 2.28. The van der Waals surface area contributed by atoms with E-state index in [1.54, 1.807) is 0 Å². The SMILES string of the molecule is CC(C)C1CC(=O)OC1ON. The number of esters is 1. The molecule has 4 nitrogen and oxygen atoms in total. The van der Waals surface area contributed by atoms with Crippen LogP contribution in [0.3, 0.4) is 0 Å². The Bertz CT molecular complexity index is 158. The molecule has 0 saturated carbocycles. The van der Waals surface area contributed by atoms with Gasteiger partial charge in [0.2, 0.25) is 6.29 Å². The van der Waals surface area contributed by atoms with E-state index in [2.05, 4.69) is 4.84 Å². The minimum Gasteiger partial charge on any atom is -0.434 e. The molecule has 2 atom stereocenters. The lowest BCUT2D eigenvalue weighted by molar-refractivity contribution is -0.170. The van der Waals surface area contributed by atoms with E-state index in [0.29, 0.717) is 12.3 Å². The van der Waals surface area contributed by atoms with Gasteiger partial charge in [-0.05, 0) is 5.92 Å². The summed E-state index contributed by atoms with van der Waals surface area (Å²) in [5.41, 5.74) is 0. The number of rotatable bonds is 2. The Morgan fingerprint density at radius 3 is 2.73 bits per heavy atom. The van der Waals surface area contributed by atoms with Crippen molar-refractivity contribution in [2.24, 2.45) is 17.7 Å². The van der Waals surface area contributed by atoms with Crippen molar-refractivity contribution in [1.29, 1.82) is 0 Å². The fourth-order valence-electron chi connectivity index (χ4n) is 1.23. The minimum atomic E-state index is -0.539. The maximum atomic E-state index is 10.8. The number of ether oxygens (including phenoxy) is 1. The van der Waals surface area contributed by atoms with Crippen LogP contribution in [0.1, 0.15) is 20.3 Å². The van der Waals surface area contributed by atoms with Crippen LogP contribution in [0.25, 0.3) is 0 Å². The zero-order chi connectivity index (χ0) is 8.43. The summed E-state index contributed by atoms with van der Waals surface area (Å²) in [6.07, 6.45) is -0.123. The van der Waals surface area contributed by atoms with E-state index >= 15 is 0 Å². The molecule has 1 heterocycles. The van der Waals surface area contributed by atoms with E-state index in [1.807, 2.05) is 13.8 Å². The fourth-order valence-corrected chi connectivity index (χ4v) is 1.23. The smallest absolute Gasteiger partial charge is 0.308 e. The second-order valence-corrected chi connectivity index (χ2v) is 3.11. The number of hydrogen-bond acceptors (Lipinski definition) is 4. The first kappa shape index (κ1) is 8.49. The van der Waals surface area contributed by atoms with Crippen molar-refractivity contribution < 1.29 is 14.4 Å². The molecule has 64 valence electrons. The quantitative estimate of drug-likeness (QED) is 0.468. The summed E-state index contributed by atoms with van der Waals surface area (Å²) >= 11 is 0. The summed E-state index contributed by atoms with van der Waals surface area (Å²) in [6.45, 7) is 4.03. The second-order valence-electron chi connectivity index (χ2n) is 3.11. The van der Waals surface area contributed by atoms with Crippen molar-refractivity contribution in [1.82, 2.24) is 0 Å². The average Bonchev–Trinajstić information content (AvgIpc) is 2.30. The molecule has 4 heteroatoms. The lowest BCUT2D eigenvalue weighted by atomic mass is 9.94. The van der Waals surface area contributed by atoms with E-state index in [1.165, 1.54) is 0 Å². The first-order chi connectivity index (χ1) is 5.15. The summed E-state index contributed by atoms with van der Waals surface area (Å²) in [7, 11) is 0. The van der Waals surface area contributed by atoms with Gasteiger partial charge >= 0.3 is 5.97 Å². The van der Waals surface area contributed by atoms with Crippen molar-refractivity contribution in [2.45, 2.75) is 26.6 Å². The Morgan fingerprint density at radius 2 is 2.36 bits per heavy atom. The van der Waals surface area contributed by atoms with Gasteiger partial charge in [0.1, 0.15) is 0 Å². The van der Waals surface area contributed by atoms with Crippen LogP contribution in [0.5, 0.6) is 0 Å². The van der Waals surface area contributed by atoms with E-state index in [9.17, 15) is 4.79 Å². The Labute approximate surface area is 65.6 Å². The zero-order valence-electron chi connectivity index (χ0n) is 6.74. The highest BCUT2D eigenvalue weighted by Gasteiger charge is 2.37. The van der Waals surface area contributed by atoms with Gasteiger partial charge in [-0.1, -0.05) is 13.8 Å². The maximum absolute atomic E-state index is 10.8. The molecular weight excluding hydrogens is 146 g/mol. The van der Waals surface area contributed by atoms with Gasteiger partial charge in [0, 0.05) is 5.92 Å². The second kappa shape index (κ2) is 3.19. The third-order valence-electron chi connectivity index (χ3n) is 1.99. The molecule has 0 aromatic carbocycles. The molecule has 0 aliphatic carbocycles. The zero-order valence-corrected chi connectivity index (χ0v) is 6.74. The van der Waals surface area contributed by atoms with Gasteiger partial charge in [0.15, 0.2) is 0 Å². The van der Waals surface area contributed by atoms with Crippen molar-refractivity contribution in [3.05, 3.63) is 0 Å². The molecular formula is C7H13NO3. The Kier molecular flexibility index (Phi) is 2.46. The first-order valence-corrected chi connectivity index (χ1v) is 3.70. The van der Waals surface area contributed by atoms with E-state index < -0.39 is 6.29 Å². The highest BCUT2D eigenvalue weighted by atomic mass is 16.8.